The largest absolute Gasteiger partial charge is 0.397 e. The van der Waals surface area contributed by atoms with E-state index in [1.807, 2.05) is 13.0 Å². The molecule has 1 saturated carbocycles. The second kappa shape index (κ2) is 5.09. The molecule has 20 heavy (non-hydrogen) atoms. The normalized spacial score (nSPS) is 22.3. The molecule has 2 atom stereocenters. The molecular formula is C16H20N2OS. The first-order valence-corrected chi connectivity index (χ1v) is 7.97. The molecule has 1 amide bonds. The minimum absolute atomic E-state index is 0.0138. The van der Waals surface area contributed by atoms with E-state index in [-0.39, 0.29) is 5.91 Å². The molecule has 1 fully saturated rings. The third-order valence-electron chi connectivity index (χ3n) is 4.27. The van der Waals surface area contributed by atoms with Crippen LogP contribution in [0.15, 0.2) is 18.2 Å². The highest BCUT2D eigenvalue weighted by Crippen LogP contribution is 2.34. The number of hydrogen-bond acceptors (Lipinski definition) is 3. The Kier molecular flexibility index (Phi) is 3.42. The second-order valence-electron chi connectivity index (χ2n) is 5.83. The monoisotopic (exact) mass is 288 g/mol. The van der Waals surface area contributed by atoms with Gasteiger partial charge in [0, 0.05) is 16.1 Å². The molecule has 1 aliphatic rings. The number of anilines is 1. The highest BCUT2D eigenvalue weighted by Gasteiger charge is 2.26. The molecule has 0 spiro atoms. The average molecular weight is 288 g/mol. The highest BCUT2D eigenvalue weighted by atomic mass is 32.1. The summed E-state index contributed by atoms with van der Waals surface area (Å²) in [6, 6.07) is 6.45. The summed E-state index contributed by atoms with van der Waals surface area (Å²) in [6.45, 7) is 4.24. The van der Waals surface area contributed by atoms with Crippen molar-refractivity contribution in [1.82, 2.24) is 5.32 Å². The van der Waals surface area contributed by atoms with E-state index >= 15 is 0 Å². The van der Waals surface area contributed by atoms with Crippen molar-refractivity contribution in [1.29, 1.82) is 0 Å². The first-order valence-electron chi connectivity index (χ1n) is 7.15. The molecule has 2 unspecified atom stereocenters. The first kappa shape index (κ1) is 13.4. The van der Waals surface area contributed by atoms with Crippen molar-refractivity contribution in [3.8, 4) is 0 Å². The van der Waals surface area contributed by atoms with E-state index in [2.05, 4.69) is 24.4 Å². The van der Waals surface area contributed by atoms with E-state index in [0.717, 1.165) is 16.5 Å². The fraction of sp³-hybridized carbons (Fsp3) is 0.438. The Hall–Kier alpha value is -1.55. The van der Waals surface area contributed by atoms with Crippen LogP contribution in [-0.2, 0) is 0 Å². The molecular weight excluding hydrogens is 268 g/mol. The Morgan fingerprint density at radius 2 is 2.20 bits per heavy atom. The summed E-state index contributed by atoms with van der Waals surface area (Å²) in [6.07, 6.45) is 3.48. The molecule has 3 nitrogen and oxygen atoms in total. The molecule has 1 aromatic heterocycles. The summed E-state index contributed by atoms with van der Waals surface area (Å²) in [5, 5.41) is 4.15. The van der Waals surface area contributed by atoms with Gasteiger partial charge < -0.3 is 11.1 Å². The molecule has 0 saturated heterocycles. The van der Waals surface area contributed by atoms with Crippen molar-refractivity contribution in [3.63, 3.8) is 0 Å². The van der Waals surface area contributed by atoms with Crippen LogP contribution in [0, 0.1) is 12.8 Å². The number of nitrogen functional groups attached to an aromatic ring is 1. The number of nitrogens with two attached hydrogens (primary N) is 1. The van der Waals surface area contributed by atoms with Crippen LogP contribution in [0.5, 0.6) is 0 Å². The molecule has 0 aliphatic heterocycles. The van der Waals surface area contributed by atoms with E-state index in [0.29, 0.717) is 22.5 Å². The number of aryl methyl sites for hydroxylation is 1. The van der Waals surface area contributed by atoms with Crippen molar-refractivity contribution in [2.24, 2.45) is 5.92 Å². The van der Waals surface area contributed by atoms with Gasteiger partial charge in [0.05, 0.1) is 5.69 Å². The summed E-state index contributed by atoms with van der Waals surface area (Å²) in [5.41, 5.74) is 7.95. The highest BCUT2D eigenvalue weighted by molar-refractivity contribution is 7.21. The van der Waals surface area contributed by atoms with Crippen molar-refractivity contribution in [3.05, 3.63) is 28.6 Å². The zero-order chi connectivity index (χ0) is 14.3. The SMILES string of the molecule is Cc1ccc2sc(C(=O)NC3CCCC3C)c(N)c2c1. The van der Waals surface area contributed by atoms with E-state index < -0.39 is 0 Å². The van der Waals surface area contributed by atoms with Crippen LogP contribution in [0.3, 0.4) is 0 Å². The van der Waals surface area contributed by atoms with E-state index in [1.165, 1.54) is 29.7 Å². The van der Waals surface area contributed by atoms with Crippen LogP contribution in [0.2, 0.25) is 0 Å². The summed E-state index contributed by atoms with van der Waals surface area (Å²) in [4.78, 5) is 13.1. The Morgan fingerprint density at radius 1 is 1.40 bits per heavy atom. The maximum Gasteiger partial charge on any atom is 0.263 e. The molecule has 1 aromatic carbocycles. The van der Waals surface area contributed by atoms with Gasteiger partial charge >= 0.3 is 0 Å². The molecule has 0 radical (unpaired) electrons. The minimum Gasteiger partial charge on any atom is -0.397 e. The molecule has 2 aromatic rings. The van der Waals surface area contributed by atoms with Gasteiger partial charge in [0.25, 0.3) is 5.91 Å². The molecule has 3 N–H and O–H groups in total. The van der Waals surface area contributed by atoms with Gasteiger partial charge in [-0.1, -0.05) is 25.0 Å². The quantitative estimate of drug-likeness (QED) is 0.885. The topological polar surface area (TPSA) is 55.1 Å². The summed E-state index contributed by atoms with van der Waals surface area (Å²) < 4.78 is 1.08. The van der Waals surface area contributed by atoms with Crippen LogP contribution in [-0.4, -0.2) is 11.9 Å². The second-order valence-corrected chi connectivity index (χ2v) is 6.88. The molecule has 1 heterocycles. The smallest absolute Gasteiger partial charge is 0.263 e. The number of carbonyl (C=O) groups excluding carboxylic acids is 1. The maximum atomic E-state index is 12.4. The maximum absolute atomic E-state index is 12.4. The number of thiophene rings is 1. The van der Waals surface area contributed by atoms with Crippen LogP contribution in [0.1, 0.15) is 41.4 Å². The summed E-state index contributed by atoms with van der Waals surface area (Å²) in [5.74, 6) is 0.553. The van der Waals surface area contributed by atoms with Crippen LogP contribution < -0.4 is 11.1 Å². The molecule has 1 aliphatic carbocycles. The predicted octanol–water partition coefficient (Wildman–Crippen LogP) is 3.71. The van der Waals surface area contributed by atoms with Crippen molar-refractivity contribution >= 4 is 33.0 Å². The lowest BCUT2D eigenvalue weighted by molar-refractivity contribution is 0.0934. The number of benzene rings is 1. The van der Waals surface area contributed by atoms with Gasteiger partial charge in [-0.05, 0) is 37.8 Å². The molecule has 4 heteroatoms. The Balaban J connectivity index is 1.89. The number of amides is 1. The van der Waals surface area contributed by atoms with Crippen LogP contribution >= 0.6 is 11.3 Å². The van der Waals surface area contributed by atoms with E-state index in [9.17, 15) is 4.79 Å². The number of fused-ring (bicyclic) bond motifs is 1. The van der Waals surface area contributed by atoms with Crippen LogP contribution in [0.25, 0.3) is 10.1 Å². The number of rotatable bonds is 2. The van der Waals surface area contributed by atoms with Gasteiger partial charge in [0.1, 0.15) is 4.88 Å². The van der Waals surface area contributed by atoms with E-state index in [4.69, 9.17) is 5.73 Å². The number of hydrogen-bond donors (Lipinski definition) is 2. The molecule has 106 valence electrons. The molecule has 3 rings (SSSR count). The van der Waals surface area contributed by atoms with Crippen molar-refractivity contribution < 1.29 is 4.79 Å². The van der Waals surface area contributed by atoms with Crippen molar-refractivity contribution in [2.75, 3.05) is 5.73 Å². The van der Waals surface area contributed by atoms with Gasteiger partial charge in [-0.3, -0.25) is 4.79 Å². The number of nitrogens with one attached hydrogen (secondary N) is 1. The summed E-state index contributed by atoms with van der Waals surface area (Å²) >= 11 is 1.49. The minimum atomic E-state index is -0.0138. The fourth-order valence-corrected chi connectivity index (χ4v) is 4.00. The van der Waals surface area contributed by atoms with Crippen LogP contribution in [0.4, 0.5) is 5.69 Å². The summed E-state index contributed by atoms with van der Waals surface area (Å²) in [7, 11) is 0. The van der Waals surface area contributed by atoms with E-state index in [1.54, 1.807) is 0 Å². The third-order valence-corrected chi connectivity index (χ3v) is 5.45. The van der Waals surface area contributed by atoms with Gasteiger partial charge in [0.2, 0.25) is 0 Å². The lowest BCUT2D eigenvalue weighted by Crippen LogP contribution is -2.36. The Morgan fingerprint density at radius 3 is 2.90 bits per heavy atom. The number of carbonyl (C=O) groups is 1. The van der Waals surface area contributed by atoms with Gasteiger partial charge in [-0.2, -0.15) is 0 Å². The first-order chi connectivity index (χ1) is 9.56. The predicted molar refractivity (Wildman–Crippen MR) is 85.2 cm³/mol. The van der Waals surface area contributed by atoms with Gasteiger partial charge in [-0.25, -0.2) is 0 Å². The van der Waals surface area contributed by atoms with Crippen molar-refractivity contribution in [2.45, 2.75) is 39.2 Å². The Bertz CT molecular complexity index is 662. The van der Waals surface area contributed by atoms with Gasteiger partial charge in [0.15, 0.2) is 0 Å². The lowest BCUT2D eigenvalue weighted by Gasteiger charge is -2.16. The zero-order valence-electron chi connectivity index (χ0n) is 11.9. The average Bonchev–Trinajstić information content (AvgIpc) is 2.95. The third kappa shape index (κ3) is 2.29. The Labute approximate surface area is 123 Å². The molecule has 0 bridgehead atoms. The lowest BCUT2D eigenvalue weighted by atomic mass is 10.1. The zero-order valence-corrected chi connectivity index (χ0v) is 12.7. The standard InChI is InChI=1S/C16H20N2OS/c1-9-6-7-13-11(8-9)14(17)15(20-13)16(19)18-12-5-3-4-10(12)2/h6-8,10,12H,3-5,17H2,1-2H3,(H,18,19). The van der Waals surface area contributed by atoms with Gasteiger partial charge in [-0.15, -0.1) is 11.3 Å². The fourth-order valence-electron chi connectivity index (χ4n) is 2.99.